The van der Waals surface area contributed by atoms with Gasteiger partial charge >= 0.3 is 0 Å². The molecule has 0 radical (unpaired) electrons. The van der Waals surface area contributed by atoms with Crippen LogP contribution in [0.5, 0.6) is 0 Å². The average molecular weight is 275 g/mol. The number of hydrogen-bond donors (Lipinski definition) is 2. The highest BCUT2D eigenvalue weighted by molar-refractivity contribution is 7.16. The number of halogens is 1. The summed E-state index contributed by atoms with van der Waals surface area (Å²) in [5.74, 6) is -0.0262. The quantitative estimate of drug-likeness (QED) is 0.876. The van der Waals surface area contributed by atoms with Crippen molar-refractivity contribution >= 4 is 28.8 Å². The van der Waals surface area contributed by atoms with E-state index in [1.165, 1.54) is 11.3 Å². The van der Waals surface area contributed by atoms with Crippen LogP contribution in [0.25, 0.3) is 0 Å². The van der Waals surface area contributed by atoms with Crippen LogP contribution < -0.4 is 10.6 Å². The van der Waals surface area contributed by atoms with Gasteiger partial charge in [0, 0.05) is 11.4 Å². The van der Waals surface area contributed by atoms with Gasteiger partial charge in [0.05, 0.1) is 23.6 Å². The molecule has 0 aromatic carbocycles. The Hall–Kier alpha value is -0.620. The minimum absolute atomic E-state index is 0.0262. The largest absolute Gasteiger partial charge is 0.375 e. The minimum Gasteiger partial charge on any atom is -0.375 e. The third kappa shape index (κ3) is 3.42. The number of carbonyl (C=O) groups is 1. The van der Waals surface area contributed by atoms with E-state index >= 15 is 0 Å². The molecular formula is C11H15ClN2O2S. The van der Waals surface area contributed by atoms with Gasteiger partial charge in [0.2, 0.25) is 5.91 Å². The monoisotopic (exact) mass is 274 g/mol. The normalized spacial score (nSPS) is 24.6. The van der Waals surface area contributed by atoms with E-state index in [4.69, 9.17) is 16.3 Å². The molecule has 17 heavy (non-hydrogen) atoms. The molecule has 0 saturated carbocycles. The SMILES string of the molecule is C[C@H]1OCCN[C@@H]1C(=O)NCc1ccc(Cl)s1. The van der Waals surface area contributed by atoms with Crippen LogP contribution in [-0.4, -0.2) is 31.2 Å². The van der Waals surface area contributed by atoms with Crippen molar-refractivity contribution in [3.05, 3.63) is 21.3 Å². The van der Waals surface area contributed by atoms with Gasteiger partial charge in [-0.15, -0.1) is 11.3 Å². The predicted molar refractivity (Wildman–Crippen MR) is 68.4 cm³/mol. The first-order valence-electron chi connectivity index (χ1n) is 5.54. The summed E-state index contributed by atoms with van der Waals surface area (Å²) in [7, 11) is 0. The van der Waals surface area contributed by atoms with Crippen LogP contribution in [-0.2, 0) is 16.1 Å². The summed E-state index contributed by atoms with van der Waals surface area (Å²) in [6.07, 6.45) is -0.0873. The van der Waals surface area contributed by atoms with Crippen LogP contribution in [0.4, 0.5) is 0 Å². The highest BCUT2D eigenvalue weighted by Gasteiger charge is 2.27. The van der Waals surface area contributed by atoms with Gasteiger partial charge < -0.3 is 15.4 Å². The number of hydrogen-bond acceptors (Lipinski definition) is 4. The molecule has 1 fully saturated rings. The molecule has 0 spiro atoms. The van der Waals surface area contributed by atoms with Crippen molar-refractivity contribution in [1.82, 2.24) is 10.6 Å². The maximum Gasteiger partial charge on any atom is 0.240 e. The Kier molecular flexibility index (Phi) is 4.39. The molecule has 94 valence electrons. The number of nitrogens with one attached hydrogen (secondary N) is 2. The van der Waals surface area contributed by atoms with Gasteiger partial charge in [0.25, 0.3) is 0 Å². The lowest BCUT2D eigenvalue weighted by molar-refractivity contribution is -0.129. The van der Waals surface area contributed by atoms with Crippen LogP contribution in [0.1, 0.15) is 11.8 Å². The van der Waals surface area contributed by atoms with E-state index in [0.29, 0.717) is 19.7 Å². The van der Waals surface area contributed by atoms with Gasteiger partial charge in [-0.05, 0) is 19.1 Å². The van der Waals surface area contributed by atoms with Crippen molar-refractivity contribution in [3.63, 3.8) is 0 Å². The number of rotatable bonds is 3. The van der Waals surface area contributed by atoms with E-state index in [0.717, 1.165) is 9.21 Å². The van der Waals surface area contributed by atoms with Crippen molar-refractivity contribution in [1.29, 1.82) is 0 Å². The fourth-order valence-electron chi connectivity index (χ4n) is 1.76. The van der Waals surface area contributed by atoms with Gasteiger partial charge in [-0.1, -0.05) is 11.6 Å². The molecule has 0 unspecified atom stereocenters. The highest BCUT2D eigenvalue weighted by Crippen LogP contribution is 2.21. The van der Waals surface area contributed by atoms with E-state index in [-0.39, 0.29) is 18.1 Å². The van der Waals surface area contributed by atoms with Crippen LogP contribution in [0.2, 0.25) is 4.34 Å². The lowest BCUT2D eigenvalue weighted by atomic mass is 10.1. The average Bonchev–Trinajstić information content (AvgIpc) is 2.73. The van der Waals surface area contributed by atoms with Gasteiger partial charge in [0.1, 0.15) is 6.04 Å². The Morgan fingerprint density at radius 2 is 2.53 bits per heavy atom. The van der Waals surface area contributed by atoms with Crippen molar-refractivity contribution in [3.8, 4) is 0 Å². The Morgan fingerprint density at radius 1 is 1.71 bits per heavy atom. The predicted octanol–water partition coefficient (Wildman–Crippen LogP) is 1.39. The Morgan fingerprint density at radius 3 is 3.18 bits per heavy atom. The molecule has 1 amide bonds. The molecule has 6 heteroatoms. The van der Waals surface area contributed by atoms with Crippen LogP contribution >= 0.6 is 22.9 Å². The second-order valence-corrected chi connectivity index (χ2v) is 5.73. The fourth-order valence-corrected chi connectivity index (χ4v) is 2.79. The molecule has 4 nitrogen and oxygen atoms in total. The van der Waals surface area contributed by atoms with Gasteiger partial charge in [0.15, 0.2) is 0 Å². The van der Waals surface area contributed by atoms with E-state index < -0.39 is 0 Å². The molecule has 2 heterocycles. The van der Waals surface area contributed by atoms with Gasteiger partial charge in [-0.3, -0.25) is 4.79 Å². The van der Waals surface area contributed by atoms with E-state index in [1.807, 2.05) is 19.1 Å². The number of morpholine rings is 1. The molecular weight excluding hydrogens is 260 g/mol. The lowest BCUT2D eigenvalue weighted by Crippen LogP contribution is -2.55. The number of ether oxygens (including phenoxy) is 1. The first-order valence-corrected chi connectivity index (χ1v) is 6.73. The second-order valence-electron chi connectivity index (χ2n) is 3.93. The minimum atomic E-state index is -0.265. The summed E-state index contributed by atoms with van der Waals surface area (Å²) in [6.45, 7) is 3.79. The summed E-state index contributed by atoms with van der Waals surface area (Å²) >= 11 is 7.30. The lowest BCUT2D eigenvalue weighted by Gasteiger charge is -2.29. The summed E-state index contributed by atoms with van der Waals surface area (Å²) in [6, 6.07) is 3.49. The molecule has 2 atom stereocenters. The molecule has 2 rings (SSSR count). The summed E-state index contributed by atoms with van der Waals surface area (Å²) < 4.78 is 6.16. The standard InChI is InChI=1S/C11H15ClN2O2S/c1-7-10(13-4-5-16-7)11(15)14-6-8-2-3-9(12)17-8/h2-3,7,10,13H,4-6H2,1H3,(H,14,15)/t7-,10+/m1/s1. The molecule has 1 aliphatic heterocycles. The Labute approximate surface area is 109 Å². The second kappa shape index (κ2) is 5.82. The zero-order valence-corrected chi connectivity index (χ0v) is 11.1. The molecule has 1 aliphatic rings. The summed E-state index contributed by atoms with van der Waals surface area (Å²) in [5, 5.41) is 6.03. The van der Waals surface area contributed by atoms with E-state index in [2.05, 4.69) is 10.6 Å². The first-order chi connectivity index (χ1) is 8.16. The summed E-state index contributed by atoms with van der Waals surface area (Å²) in [5.41, 5.74) is 0. The third-order valence-electron chi connectivity index (χ3n) is 2.66. The highest BCUT2D eigenvalue weighted by atomic mass is 35.5. The number of amides is 1. The van der Waals surface area contributed by atoms with Crippen LogP contribution in [0, 0.1) is 0 Å². The fraction of sp³-hybridized carbons (Fsp3) is 0.545. The van der Waals surface area contributed by atoms with Crippen LogP contribution in [0.15, 0.2) is 12.1 Å². The van der Waals surface area contributed by atoms with Gasteiger partial charge in [-0.25, -0.2) is 0 Å². The maximum absolute atomic E-state index is 11.9. The molecule has 0 aliphatic carbocycles. The number of thiophene rings is 1. The Balaban J connectivity index is 1.84. The maximum atomic E-state index is 11.9. The third-order valence-corrected chi connectivity index (χ3v) is 3.90. The molecule has 2 N–H and O–H groups in total. The smallest absolute Gasteiger partial charge is 0.240 e. The Bertz CT molecular complexity index is 397. The molecule has 1 aromatic rings. The molecule has 1 saturated heterocycles. The van der Waals surface area contributed by atoms with Crippen LogP contribution in [0.3, 0.4) is 0 Å². The zero-order chi connectivity index (χ0) is 12.3. The van der Waals surface area contributed by atoms with Crippen molar-refractivity contribution in [2.24, 2.45) is 0 Å². The van der Waals surface area contributed by atoms with Gasteiger partial charge in [-0.2, -0.15) is 0 Å². The first kappa shape index (κ1) is 12.8. The molecule has 1 aromatic heterocycles. The zero-order valence-electron chi connectivity index (χ0n) is 9.53. The molecule has 0 bridgehead atoms. The van der Waals surface area contributed by atoms with Crippen molar-refractivity contribution in [2.75, 3.05) is 13.2 Å². The van der Waals surface area contributed by atoms with Crippen molar-refractivity contribution in [2.45, 2.75) is 25.6 Å². The summed E-state index contributed by atoms with van der Waals surface area (Å²) in [4.78, 5) is 13.0. The topological polar surface area (TPSA) is 50.4 Å². The number of carbonyl (C=O) groups excluding carboxylic acids is 1. The van der Waals surface area contributed by atoms with E-state index in [1.54, 1.807) is 0 Å². The van der Waals surface area contributed by atoms with E-state index in [9.17, 15) is 4.79 Å². The van der Waals surface area contributed by atoms with Crippen molar-refractivity contribution < 1.29 is 9.53 Å².